The highest BCUT2D eigenvalue weighted by atomic mass is 79.9. The monoisotopic (exact) mass is 319 g/mol. The Balaban J connectivity index is 1.95. The molecule has 0 spiro atoms. The van der Waals surface area contributed by atoms with Crippen LogP contribution in [0.4, 0.5) is 4.39 Å². The van der Waals surface area contributed by atoms with Gasteiger partial charge in [-0.1, -0.05) is 29.8 Å². The Hall–Kier alpha value is -0.120. The minimum atomic E-state index is -0.209. The fraction of sp³-hybridized carbons (Fsp3) is 0.538. The molecule has 0 radical (unpaired) electrons. The number of hydrogen-bond acceptors (Lipinski definition) is 1. The van der Waals surface area contributed by atoms with Gasteiger partial charge >= 0.3 is 0 Å². The predicted molar refractivity (Wildman–Crippen MR) is 72.8 cm³/mol. The lowest BCUT2D eigenvalue weighted by atomic mass is 9.67. The number of benzene rings is 1. The van der Waals surface area contributed by atoms with Crippen molar-refractivity contribution in [2.24, 2.45) is 5.41 Å². The van der Waals surface area contributed by atoms with Gasteiger partial charge in [0.15, 0.2) is 0 Å². The number of hydrogen-bond donors (Lipinski definition) is 1. The summed E-state index contributed by atoms with van der Waals surface area (Å²) in [5.74, 6) is -0.209. The Morgan fingerprint density at radius 3 is 2.71 bits per heavy atom. The zero-order chi connectivity index (χ0) is 12.6. The highest BCUT2D eigenvalue weighted by Gasteiger charge is 2.46. The normalized spacial score (nSPS) is 26.6. The maximum Gasteiger partial charge on any atom is 0.124 e. The van der Waals surface area contributed by atoms with E-state index in [1.807, 2.05) is 6.07 Å². The van der Waals surface area contributed by atoms with E-state index in [0.717, 1.165) is 16.5 Å². The molecule has 94 valence electrons. The van der Waals surface area contributed by atoms with Crippen molar-refractivity contribution in [1.82, 2.24) is 5.32 Å². The number of halogens is 3. The van der Waals surface area contributed by atoms with Crippen LogP contribution >= 0.6 is 27.5 Å². The number of rotatable bonds is 3. The van der Waals surface area contributed by atoms with Gasteiger partial charge in [-0.15, -0.1) is 11.6 Å². The molecule has 1 nitrogen and oxygen atoms in total. The van der Waals surface area contributed by atoms with Crippen molar-refractivity contribution in [3.05, 3.63) is 34.1 Å². The molecule has 1 saturated carbocycles. The zero-order valence-electron chi connectivity index (χ0n) is 9.93. The SMILES string of the molecule is CC1(C)C(Cl)CC1NCc1cc(F)cc(Br)c1. The Kier molecular flexibility index (Phi) is 3.81. The second-order valence-corrected chi connectivity index (χ2v) is 6.68. The summed E-state index contributed by atoms with van der Waals surface area (Å²) in [7, 11) is 0. The first-order chi connectivity index (χ1) is 7.89. The molecule has 1 aliphatic carbocycles. The molecule has 17 heavy (non-hydrogen) atoms. The molecule has 2 atom stereocenters. The van der Waals surface area contributed by atoms with Crippen LogP contribution in [-0.2, 0) is 6.54 Å². The van der Waals surface area contributed by atoms with Gasteiger partial charge in [-0.3, -0.25) is 0 Å². The van der Waals surface area contributed by atoms with E-state index in [9.17, 15) is 4.39 Å². The molecule has 1 fully saturated rings. The minimum Gasteiger partial charge on any atom is -0.309 e. The Bertz CT molecular complexity index is 402. The lowest BCUT2D eigenvalue weighted by molar-refractivity contribution is 0.115. The van der Waals surface area contributed by atoms with Crippen LogP contribution in [0.25, 0.3) is 0 Å². The Labute approximate surface area is 115 Å². The van der Waals surface area contributed by atoms with Gasteiger partial charge in [0.2, 0.25) is 0 Å². The van der Waals surface area contributed by atoms with E-state index in [0.29, 0.717) is 12.6 Å². The molecule has 2 rings (SSSR count). The molecule has 4 heteroatoms. The van der Waals surface area contributed by atoms with Crippen LogP contribution in [-0.4, -0.2) is 11.4 Å². The van der Waals surface area contributed by atoms with E-state index in [1.54, 1.807) is 6.07 Å². The molecular weight excluding hydrogens is 305 g/mol. The van der Waals surface area contributed by atoms with E-state index in [1.165, 1.54) is 6.07 Å². The summed E-state index contributed by atoms with van der Waals surface area (Å²) in [6.45, 7) is 4.99. The first-order valence-electron chi connectivity index (χ1n) is 5.72. The summed E-state index contributed by atoms with van der Waals surface area (Å²) in [6, 6.07) is 5.36. The van der Waals surface area contributed by atoms with E-state index < -0.39 is 0 Å². The molecule has 0 aliphatic heterocycles. The first-order valence-corrected chi connectivity index (χ1v) is 6.95. The van der Waals surface area contributed by atoms with Crippen molar-refractivity contribution in [2.45, 2.75) is 38.2 Å². The maximum absolute atomic E-state index is 13.2. The summed E-state index contributed by atoms with van der Waals surface area (Å²) < 4.78 is 14.0. The lowest BCUT2D eigenvalue weighted by Crippen LogP contribution is -2.57. The van der Waals surface area contributed by atoms with Crippen LogP contribution in [0.2, 0.25) is 0 Å². The molecule has 1 aliphatic rings. The number of alkyl halides is 1. The highest BCUT2D eigenvalue weighted by molar-refractivity contribution is 9.10. The minimum absolute atomic E-state index is 0.117. The summed E-state index contributed by atoms with van der Waals surface area (Å²) in [5, 5.41) is 3.67. The fourth-order valence-corrected chi connectivity index (χ4v) is 3.02. The van der Waals surface area contributed by atoms with Crippen molar-refractivity contribution >= 4 is 27.5 Å². The molecule has 0 aromatic heterocycles. The van der Waals surface area contributed by atoms with E-state index in [-0.39, 0.29) is 16.6 Å². The molecule has 0 saturated heterocycles. The zero-order valence-corrected chi connectivity index (χ0v) is 12.3. The van der Waals surface area contributed by atoms with Gasteiger partial charge in [-0.25, -0.2) is 4.39 Å². The van der Waals surface area contributed by atoms with Crippen molar-refractivity contribution in [3.63, 3.8) is 0 Å². The molecular formula is C13H16BrClFN. The average Bonchev–Trinajstić information content (AvgIpc) is 2.22. The summed E-state index contributed by atoms with van der Waals surface area (Å²) in [5.41, 5.74) is 1.07. The number of nitrogens with one attached hydrogen (secondary N) is 1. The van der Waals surface area contributed by atoms with Crippen LogP contribution in [0, 0.1) is 11.2 Å². The molecule has 0 heterocycles. The third kappa shape index (κ3) is 2.83. The van der Waals surface area contributed by atoms with Gasteiger partial charge in [-0.2, -0.15) is 0 Å². The van der Waals surface area contributed by atoms with Crippen molar-refractivity contribution in [1.29, 1.82) is 0 Å². The van der Waals surface area contributed by atoms with Gasteiger partial charge in [-0.05, 0) is 35.6 Å². The molecule has 1 aromatic rings. The van der Waals surface area contributed by atoms with E-state index in [4.69, 9.17) is 11.6 Å². The Morgan fingerprint density at radius 2 is 2.18 bits per heavy atom. The van der Waals surface area contributed by atoms with Crippen LogP contribution in [0.5, 0.6) is 0 Å². The molecule has 0 bridgehead atoms. The standard InChI is InChI=1S/C13H16BrClFN/c1-13(2)11(15)6-12(13)17-7-8-3-9(14)5-10(16)4-8/h3-5,11-12,17H,6-7H2,1-2H3. The van der Waals surface area contributed by atoms with Gasteiger partial charge in [0.1, 0.15) is 5.82 Å². The molecule has 1 aromatic carbocycles. The van der Waals surface area contributed by atoms with Gasteiger partial charge in [0, 0.05) is 22.4 Å². The Morgan fingerprint density at radius 1 is 1.47 bits per heavy atom. The van der Waals surface area contributed by atoms with Gasteiger partial charge in [0.25, 0.3) is 0 Å². The van der Waals surface area contributed by atoms with Crippen LogP contribution in [0.15, 0.2) is 22.7 Å². The molecule has 1 N–H and O–H groups in total. The van der Waals surface area contributed by atoms with Crippen LogP contribution in [0.1, 0.15) is 25.8 Å². The third-order valence-electron chi connectivity index (χ3n) is 3.62. The predicted octanol–water partition coefficient (Wildman–Crippen LogP) is 4.08. The largest absolute Gasteiger partial charge is 0.309 e. The highest BCUT2D eigenvalue weighted by Crippen LogP contribution is 2.44. The van der Waals surface area contributed by atoms with Crippen molar-refractivity contribution < 1.29 is 4.39 Å². The van der Waals surface area contributed by atoms with Crippen LogP contribution in [0.3, 0.4) is 0 Å². The van der Waals surface area contributed by atoms with Gasteiger partial charge < -0.3 is 5.32 Å². The summed E-state index contributed by atoms with van der Waals surface area (Å²) >= 11 is 9.45. The van der Waals surface area contributed by atoms with Gasteiger partial charge in [0.05, 0.1) is 0 Å². The summed E-state index contributed by atoms with van der Waals surface area (Å²) in [4.78, 5) is 0. The molecule has 2 unspecified atom stereocenters. The smallest absolute Gasteiger partial charge is 0.124 e. The van der Waals surface area contributed by atoms with Crippen molar-refractivity contribution in [3.8, 4) is 0 Å². The van der Waals surface area contributed by atoms with Crippen molar-refractivity contribution in [2.75, 3.05) is 0 Å². The lowest BCUT2D eigenvalue weighted by Gasteiger charge is -2.49. The molecule has 0 amide bonds. The topological polar surface area (TPSA) is 12.0 Å². The first kappa shape index (κ1) is 13.3. The van der Waals surface area contributed by atoms with E-state index >= 15 is 0 Å². The second kappa shape index (κ2) is 4.87. The fourth-order valence-electron chi connectivity index (χ4n) is 2.17. The quantitative estimate of drug-likeness (QED) is 0.827. The van der Waals surface area contributed by atoms with E-state index in [2.05, 4.69) is 35.1 Å². The second-order valence-electron chi connectivity index (χ2n) is 5.24. The third-order valence-corrected chi connectivity index (χ3v) is 4.82. The average molecular weight is 321 g/mol. The summed E-state index contributed by atoms with van der Waals surface area (Å²) in [6.07, 6.45) is 0.977. The van der Waals surface area contributed by atoms with Crippen LogP contribution < -0.4 is 5.32 Å². The maximum atomic E-state index is 13.2.